The fraction of sp³-hybridized carbons (Fsp3) is 0.125. The number of nitrogens with one attached hydrogen (secondary N) is 1. The molecule has 0 spiro atoms. The Morgan fingerprint density at radius 3 is 2.79 bits per heavy atom. The molecule has 0 saturated heterocycles. The number of rotatable bonds is 1. The molecule has 6 heteroatoms. The van der Waals surface area contributed by atoms with Crippen LogP contribution in [-0.4, -0.2) is 20.7 Å². The topological polar surface area (TPSA) is 58.6 Å². The number of halogens is 2. The van der Waals surface area contributed by atoms with E-state index in [1.54, 1.807) is 6.20 Å². The fourth-order valence-corrected chi connectivity index (χ4v) is 1.72. The van der Waals surface area contributed by atoms with Crippen molar-refractivity contribution < 1.29 is 4.79 Å². The van der Waals surface area contributed by atoms with Crippen LogP contribution in [0.25, 0.3) is 11.0 Å². The molecule has 2 heterocycles. The maximum atomic E-state index is 11.2. The smallest absolute Gasteiger partial charge is 0.225 e. The molecule has 0 atom stereocenters. The largest absolute Gasteiger partial charge is 0.345 e. The molecule has 0 aliphatic heterocycles. The van der Waals surface area contributed by atoms with E-state index >= 15 is 0 Å². The van der Waals surface area contributed by atoms with E-state index in [-0.39, 0.29) is 16.2 Å². The number of carbonyl (C=O) groups is 1. The average Bonchev–Trinajstić information content (AvgIpc) is 2.47. The lowest BCUT2D eigenvalue weighted by Gasteiger charge is -1.95. The number of nitrogens with zero attached hydrogens (tertiary/aromatic N) is 2. The van der Waals surface area contributed by atoms with Gasteiger partial charge >= 0.3 is 0 Å². The second kappa shape index (κ2) is 3.22. The summed E-state index contributed by atoms with van der Waals surface area (Å²) in [5, 5.41) is 0.759. The molecule has 0 aromatic carbocycles. The van der Waals surface area contributed by atoms with Crippen LogP contribution in [0.1, 0.15) is 17.3 Å². The second-order valence-corrected chi connectivity index (χ2v) is 3.46. The first-order valence-corrected chi connectivity index (χ1v) is 4.56. The normalized spacial score (nSPS) is 10.8. The molecule has 2 rings (SSSR count). The third-order valence-corrected chi connectivity index (χ3v) is 2.28. The number of aromatic amines is 1. The van der Waals surface area contributed by atoms with Crippen molar-refractivity contribution in [2.75, 3.05) is 0 Å². The van der Waals surface area contributed by atoms with Gasteiger partial charge in [0, 0.05) is 11.8 Å². The first kappa shape index (κ1) is 9.43. The minimum absolute atomic E-state index is 0.0550. The SMILES string of the molecule is CC(=O)c1c[nH]c2nc(Cl)nc(Cl)c12. The highest BCUT2D eigenvalue weighted by atomic mass is 35.5. The summed E-state index contributed by atoms with van der Waals surface area (Å²) >= 11 is 11.4. The molecule has 0 aliphatic rings. The van der Waals surface area contributed by atoms with Crippen molar-refractivity contribution >= 4 is 40.0 Å². The summed E-state index contributed by atoms with van der Waals surface area (Å²) in [4.78, 5) is 21.7. The Morgan fingerprint density at radius 2 is 2.14 bits per heavy atom. The molecular formula is C8H5Cl2N3O. The molecule has 14 heavy (non-hydrogen) atoms. The molecular weight excluding hydrogens is 225 g/mol. The average molecular weight is 230 g/mol. The minimum atomic E-state index is -0.0935. The van der Waals surface area contributed by atoms with Gasteiger partial charge in [0.25, 0.3) is 0 Å². The lowest BCUT2D eigenvalue weighted by molar-refractivity contribution is 0.101. The van der Waals surface area contributed by atoms with Gasteiger partial charge < -0.3 is 4.98 Å². The Labute approximate surface area is 89.3 Å². The van der Waals surface area contributed by atoms with E-state index in [0.29, 0.717) is 16.6 Å². The van der Waals surface area contributed by atoms with Gasteiger partial charge in [-0.25, -0.2) is 4.98 Å². The molecule has 0 saturated carbocycles. The number of hydrogen-bond acceptors (Lipinski definition) is 3. The summed E-state index contributed by atoms with van der Waals surface area (Å²) in [7, 11) is 0. The van der Waals surface area contributed by atoms with Crippen molar-refractivity contribution in [3.63, 3.8) is 0 Å². The van der Waals surface area contributed by atoms with E-state index in [1.807, 2.05) is 0 Å². The summed E-state index contributed by atoms with van der Waals surface area (Å²) < 4.78 is 0. The quantitative estimate of drug-likeness (QED) is 0.465. The molecule has 0 unspecified atom stereocenters. The fourth-order valence-electron chi connectivity index (χ4n) is 1.24. The lowest BCUT2D eigenvalue weighted by Crippen LogP contribution is -1.91. The number of H-pyrrole nitrogens is 1. The van der Waals surface area contributed by atoms with Crippen LogP contribution in [0.4, 0.5) is 0 Å². The first-order chi connectivity index (χ1) is 6.59. The summed E-state index contributed by atoms with van der Waals surface area (Å²) in [5.41, 5.74) is 0.946. The van der Waals surface area contributed by atoms with Crippen LogP contribution < -0.4 is 0 Å². The molecule has 0 amide bonds. The molecule has 4 nitrogen and oxygen atoms in total. The zero-order valence-corrected chi connectivity index (χ0v) is 8.65. The number of carbonyl (C=O) groups excluding carboxylic acids is 1. The zero-order valence-electron chi connectivity index (χ0n) is 7.14. The maximum absolute atomic E-state index is 11.2. The third-order valence-electron chi connectivity index (χ3n) is 1.84. The number of ketones is 1. The van der Waals surface area contributed by atoms with Crippen LogP contribution in [0.3, 0.4) is 0 Å². The number of hydrogen-bond donors (Lipinski definition) is 1. The Bertz CT molecular complexity index is 521. The Morgan fingerprint density at radius 1 is 1.43 bits per heavy atom. The Kier molecular flexibility index (Phi) is 2.17. The summed E-state index contributed by atoms with van der Waals surface area (Å²) in [5.74, 6) is -0.0935. The predicted octanol–water partition coefficient (Wildman–Crippen LogP) is 2.47. The number of aromatic nitrogens is 3. The monoisotopic (exact) mass is 229 g/mol. The van der Waals surface area contributed by atoms with Gasteiger partial charge in [-0.3, -0.25) is 4.79 Å². The molecule has 72 valence electrons. The van der Waals surface area contributed by atoms with Gasteiger partial charge in [0.2, 0.25) is 5.28 Å². The van der Waals surface area contributed by atoms with Crippen molar-refractivity contribution in [2.24, 2.45) is 0 Å². The van der Waals surface area contributed by atoms with E-state index < -0.39 is 0 Å². The molecule has 1 N–H and O–H groups in total. The van der Waals surface area contributed by atoms with Gasteiger partial charge in [0.15, 0.2) is 5.78 Å². The minimum Gasteiger partial charge on any atom is -0.345 e. The molecule has 0 bridgehead atoms. The zero-order chi connectivity index (χ0) is 10.3. The molecule has 2 aromatic heterocycles. The summed E-state index contributed by atoms with van der Waals surface area (Å²) in [6, 6.07) is 0. The van der Waals surface area contributed by atoms with Crippen molar-refractivity contribution in [2.45, 2.75) is 6.92 Å². The third kappa shape index (κ3) is 1.36. The summed E-state index contributed by atoms with van der Waals surface area (Å²) in [6.07, 6.45) is 1.55. The van der Waals surface area contributed by atoms with Crippen molar-refractivity contribution in [1.29, 1.82) is 0 Å². The van der Waals surface area contributed by atoms with E-state index in [1.165, 1.54) is 6.92 Å². The van der Waals surface area contributed by atoms with E-state index in [0.717, 1.165) is 0 Å². The highest BCUT2D eigenvalue weighted by Crippen LogP contribution is 2.25. The second-order valence-electron chi connectivity index (χ2n) is 2.77. The van der Waals surface area contributed by atoms with Gasteiger partial charge in [-0.2, -0.15) is 4.98 Å². The number of Topliss-reactive ketones (excluding diaryl/α,β-unsaturated/α-hetero) is 1. The van der Waals surface area contributed by atoms with E-state index in [4.69, 9.17) is 23.2 Å². The van der Waals surface area contributed by atoms with Crippen LogP contribution in [0.5, 0.6) is 0 Å². The van der Waals surface area contributed by atoms with Crippen LogP contribution in [0, 0.1) is 0 Å². The van der Waals surface area contributed by atoms with Gasteiger partial charge in [-0.15, -0.1) is 0 Å². The Balaban J connectivity index is 2.85. The van der Waals surface area contributed by atoms with E-state index in [2.05, 4.69) is 15.0 Å². The lowest BCUT2D eigenvalue weighted by atomic mass is 10.2. The van der Waals surface area contributed by atoms with Gasteiger partial charge in [-0.05, 0) is 18.5 Å². The highest BCUT2D eigenvalue weighted by molar-refractivity contribution is 6.36. The molecule has 0 aliphatic carbocycles. The van der Waals surface area contributed by atoms with Crippen LogP contribution in [0.2, 0.25) is 10.4 Å². The summed E-state index contributed by atoms with van der Waals surface area (Å²) in [6.45, 7) is 1.45. The van der Waals surface area contributed by atoms with Gasteiger partial charge in [0.1, 0.15) is 10.8 Å². The van der Waals surface area contributed by atoms with Crippen molar-refractivity contribution in [3.8, 4) is 0 Å². The van der Waals surface area contributed by atoms with E-state index in [9.17, 15) is 4.79 Å². The standard InChI is InChI=1S/C8H5Cl2N3O/c1-3(14)4-2-11-7-5(4)6(9)12-8(10)13-7/h2H,1H3,(H,11,12,13). The van der Waals surface area contributed by atoms with Crippen molar-refractivity contribution in [3.05, 3.63) is 22.2 Å². The molecule has 2 aromatic rings. The van der Waals surface area contributed by atoms with Gasteiger partial charge in [-0.1, -0.05) is 11.6 Å². The highest BCUT2D eigenvalue weighted by Gasteiger charge is 2.13. The van der Waals surface area contributed by atoms with Crippen LogP contribution in [0.15, 0.2) is 6.20 Å². The van der Waals surface area contributed by atoms with Crippen molar-refractivity contribution in [1.82, 2.24) is 15.0 Å². The molecule has 0 fully saturated rings. The molecule has 0 radical (unpaired) electrons. The van der Waals surface area contributed by atoms with Gasteiger partial charge in [0.05, 0.1) is 5.39 Å². The Hall–Kier alpha value is -1.13. The first-order valence-electron chi connectivity index (χ1n) is 3.80. The predicted molar refractivity (Wildman–Crippen MR) is 53.9 cm³/mol. The van der Waals surface area contributed by atoms with Crippen LogP contribution >= 0.6 is 23.2 Å². The maximum Gasteiger partial charge on any atom is 0.225 e. The number of fused-ring (bicyclic) bond motifs is 1. The van der Waals surface area contributed by atoms with Crippen LogP contribution in [-0.2, 0) is 0 Å².